The van der Waals surface area contributed by atoms with Gasteiger partial charge in [0.25, 0.3) is 0 Å². The summed E-state index contributed by atoms with van der Waals surface area (Å²) in [6.07, 6.45) is 4.46. The molecular weight excluding hydrogens is 358 g/mol. The van der Waals surface area contributed by atoms with Gasteiger partial charge in [0.15, 0.2) is 5.82 Å². The Morgan fingerprint density at radius 3 is 2.75 bits per heavy atom. The molecule has 0 aliphatic carbocycles. The first-order chi connectivity index (χ1) is 13.5. The van der Waals surface area contributed by atoms with Crippen LogP contribution in [0.5, 0.6) is 0 Å². The Bertz CT molecular complexity index is 793. The van der Waals surface area contributed by atoms with Gasteiger partial charge in [0.05, 0.1) is 12.1 Å². The lowest BCUT2D eigenvalue weighted by Gasteiger charge is -2.36. The molecule has 0 radical (unpaired) electrons. The van der Waals surface area contributed by atoms with Crippen molar-refractivity contribution in [3.05, 3.63) is 42.5 Å². The Hall–Kier alpha value is -3.10. The van der Waals surface area contributed by atoms with Gasteiger partial charge in [-0.15, -0.1) is 10.2 Å². The van der Waals surface area contributed by atoms with Crippen molar-refractivity contribution in [1.29, 1.82) is 0 Å². The summed E-state index contributed by atoms with van der Waals surface area (Å²) in [4.78, 5) is 26.7. The van der Waals surface area contributed by atoms with Gasteiger partial charge in [-0.3, -0.25) is 0 Å². The number of para-hydroxylation sites is 1. The maximum absolute atomic E-state index is 12.8. The van der Waals surface area contributed by atoms with Crippen LogP contribution >= 0.6 is 0 Å². The molecule has 0 bridgehead atoms. The molecule has 1 saturated heterocycles. The SMILES string of the molecule is C[C@H](NC(=O)N1CCCC[C@H]1CNC(=O)Nc1ccccc1)c1nncn1C. The molecule has 2 heterocycles. The topological polar surface area (TPSA) is 104 Å². The third-order valence-corrected chi connectivity index (χ3v) is 4.89. The van der Waals surface area contributed by atoms with E-state index in [4.69, 9.17) is 0 Å². The highest BCUT2D eigenvalue weighted by atomic mass is 16.2. The Balaban J connectivity index is 1.53. The molecule has 1 aliphatic heterocycles. The number of likely N-dealkylation sites (tertiary alicyclic amines) is 1. The summed E-state index contributed by atoms with van der Waals surface area (Å²) in [6.45, 7) is 2.96. The molecule has 0 unspecified atom stereocenters. The van der Waals surface area contributed by atoms with Gasteiger partial charge in [-0.05, 0) is 38.3 Å². The lowest BCUT2D eigenvalue weighted by Crippen LogP contribution is -2.53. The number of piperidine rings is 1. The van der Waals surface area contributed by atoms with Crippen molar-refractivity contribution in [2.45, 2.75) is 38.3 Å². The number of urea groups is 2. The van der Waals surface area contributed by atoms with Crippen LogP contribution in [-0.2, 0) is 7.05 Å². The molecule has 1 fully saturated rings. The first kappa shape index (κ1) is 19.7. The van der Waals surface area contributed by atoms with Gasteiger partial charge in [-0.25, -0.2) is 9.59 Å². The standard InChI is InChI=1S/C19H27N7O2/c1-14(17-24-21-13-25(17)2)22-19(28)26-11-7-6-10-16(26)12-20-18(27)23-15-8-4-3-5-9-15/h3-5,8-9,13-14,16H,6-7,10-12H2,1-2H3,(H,22,28)(H2,20,23,27)/t14-,16-/m0/s1. The number of aryl methyl sites for hydroxylation is 1. The smallest absolute Gasteiger partial charge is 0.319 e. The number of anilines is 1. The molecule has 0 spiro atoms. The number of benzene rings is 1. The molecule has 2 aromatic rings. The van der Waals surface area contributed by atoms with Crippen LogP contribution in [0.15, 0.2) is 36.7 Å². The lowest BCUT2D eigenvalue weighted by atomic mass is 10.0. The van der Waals surface area contributed by atoms with E-state index in [-0.39, 0.29) is 24.1 Å². The van der Waals surface area contributed by atoms with E-state index >= 15 is 0 Å². The zero-order chi connectivity index (χ0) is 19.9. The largest absolute Gasteiger partial charge is 0.336 e. The highest BCUT2D eigenvalue weighted by Crippen LogP contribution is 2.18. The van der Waals surface area contributed by atoms with Crippen molar-refractivity contribution in [3.8, 4) is 0 Å². The number of hydrogen-bond acceptors (Lipinski definition) is 4. The van der Waals surface area contributed by atoms with Crippen LogP contribution in [0.1, 0.15) is 38.1 Å². The minimum Gasteiger partial charge on any atom is -0.336 e. The first-order valence-corrected chi connectivity index (χ1v) is 9.55. The average molecular weight is 385 g/mol. The predicted octanol–water partition coefficient (Wildman–Crippen LogP) is 2.26. The van der Waals surface area contributed by atoms with E-state index in [0.29, 0.717) is 18.9 Å². The van der Waals surface area contributed by atoms with Crippen molar-refractivity contribution >= 4 is 17.7 Å². The summed E-state index contributed by atoms with van der Waals surface area (Å²) in [6, 6.07) is 8.56. The van der Waals surface area contributed by atoms with E-state index in [0.717, 1.165) is 24.9 Å². The Morgan fingerprint density at radius 2 is 2.04 bits per heavy atom. The number of nitrogens with one attached hydrogen (secondary N) is 3. The maximum atomic E-state index is 12.8. The fourth-order valence-corrected chi connectivity index (χ4v) is 3.40. The van der Waals surface area contributed by atoms with Gasteiger partial charge in [0.1, 0.15) is 6.33 Å². The minimum atomic E-state index is -0.274. The fourth-order valence-electron chi connectivity index (χ4n) is 3.40. The average Bonchev–Trinajstić information content (AvgIpc) is 3.13. The summed E-state index contributed by atoms with van der Waals surface area (Å²) in [5, 5.41) is 16.6. The number of amides is 4. The second-order valence-corrected chi connectivity index (χ2v) is 7.02. The monoisotopic (exact) mass is 385 g/mol. The van der Waals surface area contributed by atoms with Crippen LogP contribution in [0.25, 0.3) is 0 Å². The number of carbonyl (C=O) groups is 2. The molecule has 0 saturated carbocycles. The molecule has 3 N–H and O–H groups in total. The van der Waals surface area contributed by atoms with Gasteiger partial charge in [-0.2, -0.15) is 0 Å². The number of rotatable bonds is 5. The quantitative estimate of drug-likeness (QED) is 0.734. The Kier molecular flexibility index (Phi) is 6.46. The second-order valence-electron chi connectivity index (χ2n) is 7.02. The van der Waals surface area contributed by atoms with Gasteiger partial charge < -0.3 is 25.4 Å². The van der Waals surface area contributed by atoms with Crippen LogP contribution in [0.3, 0.4) is 0 Å². The summed E-state index contributed by atoms with van der Waals surface area (Å²) in [5.74, 6) is 0.697. The van der Waals surface area contributed by atoms with Crippen LogP contribution in [0.2, 0.25) is 0 Å². The van der Waals surface area contributed by atoms with E-state index in [1.165, 1.54) is 0 Å². The molecule has 3 rings (SSSR count). The van der Waals surface area contributed by atoms with Crippen LogP contribution in [0, 0.1) is 0 Å². The molecule has 4 amide bonds. The maximum Gasteiger partial charge on any atom is 0.319 e. The lowest BCUT2D eigenvalue weighted by molar-refractivity contribution is 0.147. The van der Waals surface area contributed by atoms with E-state index < -0.39 is 0 Å². The van der Waals surface area contributed by atoms with E-state index in [2.05, 4.69) is 26.1 Å². The molecule has 1 aromatic heterocycles. The molecule has 150 valence electrons. The number of carbonyl (C=O) groups excluding carboxylic acids is 2. The number of aromatic nitrogens is 3. The van der Waals surface area contributed by atoms with Gasteiger partial charge in [-0.1, -0.05) is 18.2 Å². The van der Waals surface area contributed by atoms with E-state index in [9.17, 15) is 9.59 Å². The molecule has 9 heteroatoms. The van der Waals surface area contributed by atoms with Crippen molar-refractivity contribution in [2.24, 2.45) is 7.05 Å². The minimum absolute atomic E-state index is 0.0398. The summed E-state index contributed by atoms with van der Waals surface area (Å²) in [7, 11) is 1.84. The molecule has 2 atom stereocenters. The molecule has 28 heavy (non-hydrogen) atoms. The Morgan fingerprint density at radius 1 is 1.25 bits per heavy atom. The number of hydrogen-bond donors (Lipinski definition) is 3. The van der Waals surface area contributed by atoms with Gasteiger partial charge in [0.2, 0.25) is 0 Å². The van der Waals surface area contributed by atoms with Crippen LogP contribution in [0.4, 0.5) is 15.3 Å². The Labute approximate surface area is 164 Å². The van der Waals surface area contributed by atoms with Crippen molar-refractivity contribution in [2.75, 3.05) is 18.4 Å². The molecular formula is C19H27N7O2. The summed E-state index contributed by atoms with van der Waals surface area (Å²) < 4.78 is 1.79. The van der Waals surface area contributed by atoms with Crippen LogP contribution in [-0.4, -0.2) is 50.9 Å². The highest BCUT2D eigenvalue weighted by Gasteiger charge is 2.28. The first-order valence-electron chi connectivity index (χ1n) is 9.55. The molecule has 1 aliphatic rings. The van der Waals surface area contributed by atoms with Gasteiger partial charge in [0, 0.05) is 25.8 Å². The van der Waals surface area contributed by atoms with Crippen molar-refractivity contribution in [1.82, 2.24) is 30.3 Å². The third-order valence-electron chi connectivity index (χ3n) is 4.89. The molecule has 9 nitrogen and oxygen atoms in total. The zero-order valence-electron chi connectivity index (χ0n) is 16.3. The second kappa shape index (κ2) is 9.20. The summed E-state index contributed by atoms with van der Waals surface area (Å²) in [5.41, 5.74) is 0.732. The third kappa shape index (κ3) is 4.99. The highest BCUT2D eigenvalue weighted by molar-refractivity contribution is 5.89. The normalized spacial score (nSPS) is 17.6. The van der Waals surface area contributed by atoms with Gasteiger partial charge >= 0.3 is 12.1 Å². The van der Waals surface area contributed by atoms with E-state index in [1.54, 1.807) is 15.8 Å². The zero-order valence-corrected chi connectivity index (χ0v) is 16.3. The summed E-state index contributed by atoms with van der Waals surface area (Å²) >= 11 is 0. The van der Waals surface area contributed by atoms with Crippen LogP contribution < -0.4 is 16.0 Å². The fraction of sp³-hybridized carbons (Fsp3) is 0.474. The number of nitrogens with zero attached hydrogens (tertiary/aromatic N) is 4. The van der Waals surface area contributed by atoms with E-state index in [1.807, 2.05) is 44.3 Å². The van der Waals surface area contributed by atoms with Crippen molar-refractivity contribution < 1.29 is 9.59 Å². The predicted molar refractivity (Wildman–Crippen MR) is 106 cm³/mol. The molecule has 1 aromatic carbocycles. The van der Waals surface area contributed by atoms with Crippen molar-refractivity contribution in [3.63, 3.8) is 0 Å².